The predicted molar refractivity (Wildman–Crippen MR) is 82.2 cm³/mol. The molecule has 24 heavy (non-hydrogen) atoms. The molecule has 0 heterocycles. The van der Waals surface area contributed by atoms with Gasteiger partial charge in [0.05, 0.1) is 24.1 Å². The number of carbonyl (C=O) groups is 1. The molecule has 0 fully saturated rings. The van der Waals surface area contributed by atoms with Crippen molar-refractivity contribution in [1.29, 1.82) is 0 Å². The van der Waals surface area contributed by atoms with Gasteiger partial charge in [-0.25, -0.2) is 0 Å². The first kappa shape index (κ1) is 16.5. The Morgan fingerprint density at radius 2 is 1.92 bits per heavy atom. The third-order valence-electron chi connectivity index (χ3n) is 4.14. The number of amides is 1. The van der Waals surface area contributed by atoms with Gasteiger partial charge in [0.1, 0.15) is 0 Å². The van der Waals surface area contributed by atoms with Gasteiger partial charge < -0.3 is 10.4 Å². The topological polar surface area (TPSA) is 49.3 Å². The van der Waals surface area contributed by atoms with E-state index in [1.165, 1.54) is 12.1 Å². The van der Waals surface area contributed by atoms with Crippen molar-refractivity contribution in [2.45, 2.75) is 31.2 Å². The SMILES string of the molecule is O=C(Cc1cccc(C(F)(F)F)c1)N[C@H]1c2ccccc2C[C@H]1O. The zero-order valence-corrected chi connectivity index (χ0v) is 12.7. The fourth-order valence-corrected chi connectivity index (χ4v) is 3.02. The van der Waals surface area contributed by atoms with Crippen molar-refractivity contribution in [1.82, 2.24) is 5.32 Å². The number of hydrogen-bond acceptors (Lipinski definition) is 2. The van der Waals surface area contributed by atoms with E-state index in [2.05, 4.69) is 5.32 Å². The molecule has 1 aliphatic carbocycles. The molecule has 1 aliphatic rings. The normalized spacial score (nSPS) is 19.8. The summed E-state index contributed by atoms with van der Waals surface area (Å²) < 4.78 is 38.1. The van der Waals surface area contributed by atoms with E-state index < -0.39 is 29.8 Å². The van der Waals surface area contributed by atoms with E-state index in [0.717, 1.165) is 23.3 Å². The van der Waals surface area contributed by atoms with Crippen molar-refractivity contribution in [3.63, 3.8) is 0 Å². The molecule has 3 rings (SSSR count). The largest absolute Gasteiger partial charge is 0.416 e. The zero-order chi connectivity index (χ0) is 17.3. The van der Waals surface area contributed by atoms with Gasteiger partial charge in [0.15, 0.2) is 0 Å². The van der Waals surface area contributed by atoms with Crippen LogP contribution in [0.4, 0.5) is 13.2 Å². The molecule has 0 spiro atoms. The fraction of sp³-hybridized carbons (Fsp3) is 0.278. The van der Waals surface area contributed by atoms with Gasteiger partial charge in [-0.1, -0.05) is 42.5 Å². The van der Waals surface area contributed by atoms with Gasteiger partial charge >= 0.3 is 6.18 Å². The maximum Gasteiger partial charge on any atom is 0.416 e. The number of aliphatic hydroxyl groups is 1. The molecule has 2 aromatic rings. The first-order valence-corrected chi connectivity index (χ1v) is 7.56. The van der Waals surface area contributed by atoms with Crippen molar-refractivity contribution >= 4 is 5.91 Å². The average Bonchev–Trinajstić information content (AvgIpc) is 2.83. The Bertz CT molecular complexity index is 758. The lowest BCUT2D eigenvalue weighted by Gasteiger charge is -2.18. The Morgan fingerprint density at radius 1 is 1.17 bits per heavy atom. The van der Waals surface area contributed by atoms with E-state index in [9.17, 15) is 23.1 Å². The number of fused-ring (bicyclic) bond motifs is 1. The molecular formula is C18H16F3NO2. The molecule has 0 unspecified atom stereocenters. The van der Waals surface area contributed by atoms with Crippen molar-refractivity contribution in [2.75, 3.05) is 0 Å². The molecule has 6 heteroatoms. The maximum absolute atomic E-state index is 12.7. The Kier molecular flexibility index (Phi) is 4.32. The van der Waals surface area contributed by atoms with E-state index in [0.29, 0.717) is 6.42 Å². The van der Waals surface area contributed by atoms with E-state index in [4.69, 9.17) is 0 Å². The van der Waals surface area contributed by atoms with E-state index >= 15 is 0 Å². The summed E-state index contributed by atoms with van der Waals surface area (Å²) in [4.78, 5) is 12.2. The van der Waals surface area contributed by atoms with E-state index in [1.807, 2.05) is 24.3 Å². The third-order valence-corrected chi connectivity index (χ3v) is 4.14. The molecule has 126 valence electrons. The Balaban J connectivity index is 1.71. The Labute approximate surface area is 137 Å². The zero-order valence-electron chi connectivity index (χ0n) is 12.7. The highest BCUT2D eigenvalue weighted by Gasteiger charge is 2.32. The summed E-state index contributed by atoms with van der Waals surface area (Å²) in [7, 11) is 0. The summed E-state index contributed by atoms with van der Waals surface area (Å²) in [5.74, 6) is -0.421. The van der Waals surface area contributed by atoms with Crippen molar-refractivity contribution in [3.05, 3.63) is 70.8 Å². The Morgan fingerprint density at radius 3 is 2.67 bits per heavy atom. The third kappa shape index (κ3) is 3.43. The predicted octanol–water partition coefficient (Wildman–Crippen LogP) is 3.02. The lowest BCUT2D eigenvalue weighted by molar-refractivity contribution is -0.137. The standard InChI is InChI=1S/C18H16F3NO2/c19-18(20,21)13-6-3-4-11(8-13)9-16(24)22-17-14-7-2-1-5-12(14)10-15(17)23/h1-8,15,17,23H,9-10H2,(H,22,24)/t15-,17+/m1/s1. The van der Waals surface area contributed by atoms with Crippen molar-refractivity contribution in [2.24, 2.45) is 0 Å². The summed E-state index contributed by atoms with van der Waals surface area (Å²) >= 11 is 0. The summed E-state index contributed by atoms with van der Waals surface area (Å²) in [6, 6.07) is 11.6. The van der Waals surface area contributed by atoms with Crippen LogP contribution >= 0.6 is 0 Å². The molecule has 3 nitrogen and oxygen atoms in total. The number of halogens is 3. The van der Waals surface area contributed by atoms with E-state index in [-0.39, 0.29) is 12.0 Å². The van der Waals surface area contributed by atoms with Crippen LogP contribution in [0.15, 0.2) is 48.5 Å². The number of nitrogens with one attached hydrogen (secondary N) is 1. The number of hydrogen-bond donors (Lipinski definition) is 2. The van der Waals surface area contributed by atoms with E-state index in [1.54, 1.807) is 0 Å². The second-order valence-electron chi connectivity index (χ2n) is 5.89. The minimum Gasteiger partial charge on any atom is -0.390 e. The van der Waals surface area contributed by atoms with Gasteiger partial charge in [-0.2, -0.15) is 13.2 Å². The number of aliphatic hydroxyl groups excluding tert-OH is 1. The highest BCUT2D eigenvalue weighted by Crippen LogP contribution is 2.32. The average molecular weight is 335 g/mol. The fourth-order valence-electron chi connectivity index (χ4n) is 3.02. The van der Waals surface area contributed by atoms with Crippen LogP contribution in [0.3, 0.4) is 0 Å². The summed E-state index contributed by atoms with van der Waals surface area (Å²) in [6.45, 7) is 0. The first-order chi connectivity index (χ1) is 11.3. The van der Waals surface area contributed by atoms with Crippen LogP contribution in [-0.2, 0) is 23.8 Å². The van der Waals surface area contributed by atoms with Gasteiger partial charge in [-0.3, -0.25) is 4.79 Å². The van der Waals surface area contributed by atoms with Crippen LogP contribution in [0.1, 0.15) is 28.3 Å². The Hall–Kier alpha value is -2.34. The van der Waals surface area contributed by atoms with Gasteiger partial charge in [0, 0.05) is 6.42 Å². The molecule has 0 radical (unpaired) electrons. The second kappa shape index (κ2) is 6.28. The quantitative estimate of drug-likeness (QED) is 0.906. The summed E-state index contributed by atoms with van der Waals surface area (Å²) in [5.41, 5.74) is 1.32. The van der Waals surface area contributed by atoms with Gasteiger partial charge in [-0.05, 0) is 22.8 Å². The first-order valence-electron chi connectivity index (χ1n) is 7.56. The lowest BCUT2D eigenvalue weighted by atomic mass is 10.1. The molecule has 2 N–H and O–H groups in total. The maximum atomic E-state index is 12.7. The summed E-state index contributed by atoms with van der Waals surface area (Å²) in [5, 5.41) is 12.8. The number of rotatable bonds is 3. The highest BCUT2D eigenvalue weighted by atomic mass is 19.4. The van der Waals surface area contributed by atoms with Crippen LogP contribution in [0.2, 0.25) is 0 Å². The lowest BCUT2D eigenvalue weighted by Crippen LogP contribution is -2.34. The van der Waals surface area contributed by atoms with Gasteiger partial charge in [-0.15, -0.1) is 0 Å². The van der Waals surface area contributed by atoms with Gasteiger partial charge in [0.2, 0.25) is 5.91 Å². The molecule has 1 amide bonds. The van der Waals surface area contributed by atoms with Crippen LogP contribution in [0, 0.1) is 0 Å². The van der Waals surface area contributed by atoms with Gasteiger partial charge in [0.25, 0.3) is 0 Å². The molecular weight excluding hydrogens is 319 g/mol. The van der Waals surface area contributed by atoms with Crippen LogP contribution in [0.25, 0.3) is 0 Å². The minimum absolute atomic E-state index is 0.171. The van der Waals surface area contributed by atoms with Crippen LogP contribution in [-0.4, -0.2) is 17.1 Å². The second-order valence-corrected chi connectivity index (χ2v) is 5.89. The van der Waals surface area contributed by atoms with Crippen molar-refractivity contribution in [3.8, 4) is 0 Å². The molecule has 0 saturated carbocycles. The number of carbonyl (C=O) groups excluding carboxylic acids is 1. The van der Waals surface area contributed by atoms with Crippen molar-refractivity contribution < 1.29 is 23.1 Å². The molecule has 2 atom stereocenters. The monoisotopic (exact) mass is 335 g/mol. The molecule has 0 aromatic heterocycles. The summed E-state index contributed by atoms with van der Waals surface area (Å²) in [6.07, 6.45) is -4.89. The molecule has 0 bridgehead atoms. The van der Waals surface area contributed by atoms with Crippen LogP contribution < -0.4 is 5.32 Å². The number of benzene rings is 2. The highest BCUT2D eigenvalue weighted by molar-refractivity contribution is 5.79. The minimum atomic E-state index is -4.44. The number of alkyl halides is 3. The van der Waals surface area contributed by atoms with Crippen LogP contribution in [0.5, 0.6) is 0 Å². The molecule has 0 aliphatic heterocycles. The smallest absolute Gasteiger partial charge is 0.390 e. The molecule has 2 aromatic carbocycles. The molecule has 0 saturated heterocycles.